The van der Waals surface area contributed by atoms with Gasteiger partial charge in [0, 0.05) is 6.42 Å². The van der Waals surface area contributed by atoms with Crippen LogP contribution in [-0.4, -0.2) is 18.6 Å². The zero-order valence-electron chi connectivity index (χ0n) is 4.20. The van der Waals surface area contributed by atoms with Crippen molar-refractivity contribution >= 4 is 53.8 Å². The molecule has 0 spiro atoms. The molecule has 1 unspecified atom stereocenters. The molecule has 0 aromatic rings. The van der Waals surface area contributed by atoms with E-state index in [0.717, 1.165) is 0 Å². The van der Waals surface area contributed by atoms with E-state index in [1.54, 1.807) is 0 Å². The van der Waals surface area contributed by atoms with Crippen molar-refractivity contribution in [1.29, 1.82) is 0 Å². The quantitative estimate of drug-likeness (QED) is 0.751. The third-order valence-corrected chi connectivity index (χ3v) is 5.53. The van der Waals surface area contributed by atoms with Crippen LogP contribution in [0.1, 0.15) is 6.42 Å². The molecular formula is C4H3Br3O2. The summed E-state index contributed by atoms with van der Waals surface area (Å²) in [6.45, 7) is 0. The van der Waals surface area contributed by atoms with Gasteiger partial charge < -0.3 is 5.11 Å². The Morgan fingerprint density at radius 1 is 1.44 bits per heavy atom. The molecule has 1 N–H and O–H groups in total. The van der Waals surface area contributed by atoms with Crippen molar-refractivity contribution in [3.05, 3.63) is 0 Å². The Kier molecular flexibility index (Phi) is 1.74. The fraction of sp³-hybridized carbons (Fsp3) is 0.750. The molecule has 52 valence electrons. The second-order valence-corrected chi connectivity index (χ2v) is 7.11. The number of hydrogen-bond acceptors (Lipinski definition) is 1. The van der Waals surface area contributed by atoms with Crippen LogP contribution in [0.4, 0.5) is 0 Å². The molecule has 0 bridgehead atoms. The number of hydrogen-bond donors (Lipinski definition) is 1. The van der Waals surface area contributed by atoms with E-state index in [4.69, 9.17) is 5.11 Å². The highest BCUT2D eigenvalue weighted by molar-refractivity contribution is 9.26. The first-order chi connectivity index (χ1) is 3.90. The molecule has 1 fully saturated rings. The zero-order chi connectivity index (χ0) is 7.28. The molecule has 0 heterocycles. The summed E-state index contributed by atoms with van der Waals surface area (Å²) in [5, 5.41) is 8.54. The van der Waals surface area contributed by atoms with Crippen LogP contribution in [0.2, 0.25) is 0 Å². The second kappa shape index (κ2) is 1.95. The summed E-state index contributed by atoms with van der Waals surface area (Å²) >= 11 is 9.48. The fourth-order valence-electron chi connectivity index (χ4n) is 0.494. The monoisotopic (exact) mass is 320 g/mol. The lowest BCUT2D eigenvalue weighted by Gasteiger charge is -2.01. The Morgan fingerprint density at radius 3 is 1.78 bits per heavy atom. The van der Waals surface area contributed by atoms with Crippen LogP contribution < -0.4 is 0 Å². The van der Waals surface area contributed by atoms with E-state index in [9.17, 15) is 4.79 Å². The van der Waals surface area contributed by atoms with Crippen molar-refractivity contribution < 1.29 is 9.90 Å². The number of rotatable bonds is 1. The van der Waals surface area contributed by atoms with Gasteiger partial charge in [0.2, 0.25) is 0 Å². The van der Waals surface area contributed by atoms with Crippen LogP contribution in [0.5, 0.6) is 0 Å². The average Bonchev–Trinajstić information content (AvgIpc) is 2.08. The maximum atomic E-state index is 10.4. The highest BCUT2D eigenvalue weighted by Gasteiger charge is 2.69. The lowest BCUT2D eigenvalue weighted by molar-refractivity contribution is -0.137. The normalized spacial score (nSPS) is 38.1. The summed E-state index contributed by atoms with van der Waals surface area (Å²) in [6.07, 6.45) is 0.565. The van der Waals surface area contributed by atoms with Crippen LogP contribution in [0.25, 0.3) is 0 Å². The van der Waals surface area contributed by atoms with E-state index in [1.807, 2.05) is 0 Å². The first-order valence-electron chi connectivity index (χ1n) is 2.20. The standard InChI is InChI=1S/C4H3Br3O2/c5-3(2(8)9)1-4(3,6)7/h1H2,(H,8,9). The van der Waals surface area contributed by atoms with Crippen LogP contribution in [-0.2, 0) is 4.79 Å². The molecule has 0 aromatic heterocycles. The first kappa shape index (κ1) is 8.01. The second-order valence-electron chi connectivity index (χ2n) is 1.99. The lowest BCUT2D eigenvalue weighted by atomic mass is 10.4. The predicted octanol–water partition coefficient (Wildman–Crippen LogP) is 2.09. The van der Waals surface area contributed by atoms with Gasteiger partial charge in [-0.2, -0.15) is 0 Å². The number of halogens is 3. The molecule has 0 aliphatic heterocycles. The van der Waals surface area contributed by atoms with Gasteiger partial charge in [-0.1, -0.05) is 47.8 Å². The van der Waals surface area contributed by atoms with Crippen molar-refractivity contribution in [2.45, 2.75) is 14.0 Å². The Bertz CT molecular complexity index is 167. The van der Waals surface area contributed by atoms with Gasteiger partial charge in [-0.05, 0) is 0 Å². The van der Waals surface area contributed by atoms with E-state index in [-0.39, 0.29) is 0 Å². The van der Waals surface area contributed by atoms with Gasteiger partial charge >= 0.3 is 5.97 Å². The third-order valence-electron chi connectivity index (χ3n) is 1.26. The number of alkyl halides is 3. The molecular weight excluding hydrogens is 320 g/mol. The van der Waals surface area contributed by atoms with E-state index in [0.29, 0.717) is 6.42 Å². The molecule has 1 aliphatic rings. The highest BCUT2D eigenvalue weighted by Crippen LogP contribution is 2.64. The number of aliphatic carboxylic acids is 1. The van der Waals surface area contributed by atoms with Crippen molar-refractivity contribution in [3.63, 3.8) is 0 Å². The fourth-order valence-corrected chi connectivity index (χ4v) is 2.85. The van der Waals surface area contributed by atoms with E-state index in [1.165, 1.54) is 0 Å². The summed E-state index contributed by atoms with van der Waals surface area (Å²) in [6, 6.07) is 0. The summed E-state index contributed by atoms with van der Waals surface area (Å²) < 4.78 is -1.22. The van der Waals surface area contributed by atoms with Crippen molar-refractivity contribution in [1.82, 2.24) is 0 Å². The molecule has 0 amide bonds. The molecule has 0 radical (unpaired) electrons. The average molecular weight is 323 g/mol. The minimum Gasteiger partial charge on any atom is -0.480 e. The summed E-state index contributed by atoms with van der Waals surface area (Å²) in [5.74, 6) is -0.837. The van der Waals surface area contributed by atoms with Gasteiger partial charge in [-0.3, -0.25) is 4.79 Å². The van der Waals surface area contributed by atoms with E-state index in [2.05, 4.69) is 47.8 Å². The van der Waals surface area contributed by atoms with Gasteiger partial charge in [-0.25, -0.2) is 0 Å². The van der Waals surface area contributed by atoms with Crippen molar-refractivity contribution in [2.24, 2.45) is 0 Å². The first-order valence-corrected chi connectivity index (χ1v) is 4.58. The highest BCUT2D eigenvalue weighted by atomic mass is 79.9. The smallest absolute Gasteiger partial charge is 0.322 e. The minimum absolute atomic E-state index is 0.432. The predicted molar refractivity (Wildman–Crippen MR) is 44.5 cm³/mol. The van der Waals surface area contributed by atoms with Crippen LogP contribution in [0.3, 0.4) is 0 Å². The zero-order valence-corrected chi connectivity index (χ0v) is 8.95. The molecule has 2 nitrogen and oxygen atoms in total. The van der Waals surface area contributed by atoms with Gasteiger partial charge in [0.05, 0.1) is 0 Å². The Morgan fingerprint density at radius 2 is 1.78 bits per heavy atom. The summed E-state index contributed by atoms with van der Waals surface area (Å²) in [4.78, 5) is 10.4. The minimum atomic E-state index is -0.837. The molecule has 0 aromatic carbocycles. The molecule has 9 heavy (non-hydrogen) atoms. The number of carbonyl (C=O) groups is 1. The van der Waals surface area contributed by atoms with Gasteiger partial charge in [0.15, 0.2) is 0 Å². The maximum Gasteiger partial charge on any atom is 0.322 e. The molecule has 5 heteroatoms. The number of carboxylic acid groups (broad SMARTS) is 1. The number of carboxylic acids is 1. The topological polar surface area (TPSA) is 37.3 Å². The molecule has 1 saturated carbocycles. The molecule has 0 saturated heterocycles. The summed E-state index contributed by atoms with van der Waals surface area (Å²) in [7, 11) is 0. The lowest BCUT2D eigenvalue weighted by Crippen LogP contribution is -2.19. The maximum absolute atomic E-state index is 10.4. The SMILES string of the molecule is O=C(O)C1(Br)CC1(Br)Br. The van der Waals surface area contributed by atoms with Crippen molar-refractivity contribution in [3.8, 4) is 0 Å². The molecule has 1 rings (SSSR count). The van der Waals surface area contributed by atoms with Crippen LogP contribution in [0.15, 0.2) is 0 Å². The molecule has 1 aliphatic carbocycles. The van der Waals surface area contributed by atoms with Crippen LogP contribution in [0, 0.1) is 0 Å². The largest absolute Gasteiger partial charge is 0.480 e. The third kappa shape index (κ3) is 1.07. The Balaban J connectivity index is 2.74. The van der Waals surface area contributed by atoms with Gasteiger partial charge in [-0.15, -0.1) is 0 Å². The molecule has 1 atom stereocenters. The Hall–Kier alpha value is 0.910. The van der Waals surface area contributed by atoms with Gasteiger partial charge in [0.25, 0.3) is 0 Å². The Labute approximate surface area is 77.4 Å². The van der Waals surface area contributed by atoms with Gasteiger partial charge in [0.1, 0.15) is 7.56 Å². The van der Waals surface area contributed by atoms with Crippen LogP contribution >= 0.6 is 47.8 Å². The van der Waals surface area contributed by atoms with E-state index >= 15 is 0 Å². The van der Waals surface area contributed by atoms with Crippen molar-refractivity contribution in [2.75, 3.05) is 0 Å². The summed E-state index contributed by atoms with van der Waals surface area (Å²) in [5.41, 5.74) is 0. The van der Waals surface area contributed by atoms with E-state index < -0.39 is 13.5 Å².